The molecule has 82 valence electrons. The monoisotopic (exact) mass is 217 g/mol. The minimum atomic E-state index is -1.02. The number of nitrogens with zero attached hydrogens (tertiary/aromatic N) is 1. The summed E-state index contributed by atoms with van der Waals surface area (Å²) in [6, 6.07) is 7.22. The third-order valence-corrected chi connectivity index (χ3v) is 2.26. The number of aromatic carboxylic acids is 1. The Morgan fingerprint density at radius 2 is 2.19 bits per heavy atom. The van der Waals surface area contributed by atoms with Crippen molar-refractivity contribution < 1.29 is 14.6 Å². The molecule has 2 aromatic rings. The maximum atomic E-state index is 11.2. The number of aromatic nitrogens is 1. The Morgan fingerprint density at radius 1 is 1.44 bits per heavy atom. The first-order valence-corrected chi connectivity index (χ1v) is 4.98. The molecule has 1 aromatic carbocycles. The first kappa shape index (κ1) is 10.4. The molecule has 0 aliphatic rings. The molecule has 0 aliphatic heterocycles. The highest BCUT2D eigenvalue weighted by Gasteiger charge is 2.16. The number of hydrogen-bond donors (Lipinski definition) is 1. The van der Waals surface area contributed by atoms with Crippen LogP contribution >= 0.6 is 0 Å². The number of ether oxygens (including phenoxy) is 1. The molecule has 1 N–H and O–H groups in total. The second-order valence-electron chi connectivity index (χ2n) is 3.26. The van der Waals surface area contributed by atoms with Crippen LogP contribution in [-0.2, 0) is 0 Å². The number of carbonyl (C=O) groups is 1. The quantitative estimate of drug-likeness (QED) is 0.857. The van der Waals surface area contributed by atoms with Gasteiger partial charge < -0.3 is 9.84 Å². The molecule has 0 amide bonds. The number of hydrogen-bond acceptors (Lipinski definition) is 3. The Hall–Kier alpha value is -2.10. The highest BCUT2D eigenvalue weighted by Crippen LogP contribution is 2.25. The number of benzene rings is 1. The number of fused-ring (bicyclic) bond motifs is 1. The second-order valence-corrected chi connectivity index (χ2v) is 3.26. The summed E-state index contributed by atoms with van der Waals surface area (Å²) in [4.78, 5) is 15.2. The Bertz CT molecular complexity index is 537. The fourth-order valence-electron chi connectivity index (χ4n) is 1.60. The third kappa shape index (κ3) is 1.69. The van der Waals surface area contributed by atoms with Gasteiger partial charge in [-0.3, -0.25) is 0 Å². The molecule has 0 radical (unpaired) electrons. The van der Waals surface area contributed by atoms with Gasteiger partial charge in [-0.25, -0.2) is 9.78 Å². The van der Waals surface area contributed by atoms with E-state index in [2.05, 4.69) is 4.98 Å². The van der Waals surface area contributed by atoms with E-state index in [1.54, 1.807) is 25.3 Å². The molecule has 4 heteroatoms. The zero-order valence-corrected chi connectivity index (χ0v) is 8.80. The number of pyridine rings is 1. The molecule has 0 bridgehead atoms. The molecule has 0 aliphatic carbocycles. The largest absolute Gasteiger partial charge is 0.477 e. The van der Waals surface area contributed by atoms with E-state index in [0.717, 1.165) is 5.39 Å². The van der Waals surface area contributed by atoms with Crippen molar-refractivity contribution in [2.75, 3.05) is 6.61 Å². The zero-order valence-electron chi connectivity index (χ0n) is 8.80. The predicted octanol–water partition coefficient (Wildman–Crippen LogP) is 2.33. The van der Waals surface area contributed by atoms with Crippen molar-refractivity contribution in [3.63, 3.8) is 0 Å². The topological polar surface area (TPSA) is 59.4 Å². The van der Waals surface area contributed by atoms with Crippen LogP contribution < -0.4 is 4.74 Å². The van der Waals surface area contributed by atoms with E-state index in [1.807, 2.05) is 12.1 Å². The van der Waals surface area contributed by atoms with Gasteiger partial charge in [0.1, 0.15) is 5.56 Å². The number of carboxylic acids is 1. The van der Waals surface area contributed by atoms with Crippen LogP contribution in [0.15, 0.2) is 30.5 Å². The van der Waals surface area contributed by atoms with Crippen LogP contribution in [0.4, 0.5) is 0 Å². The van der Waals surface area contributed by atoms with Crippen molar-refractivity contribution in [1.82, 2.24) is 4.98 Å². The minimum Gasteiger partial charge on any atom is -0.477 e. The molecule has 1 heterocycles. The van der Waals surface area contributed by atoms with Crippen LogP contribution in [0.25, 0.3) is 10.8 Å². The standard InChI is InChI=1S/C12H11NO3/c1-2-16-11-10(12(14)15)9-6-4-3-5-8(9)7-13-11/h3-7H,2H2,1H3,(H,14,15). The average molecular weight is 217 g/mol. The van der Waals surface area contributed by atoms with Gasteiger partial charge in [-0.1, -0.05) is 24.3 Å². The van der Waals surface area contributed by atoms with E-state index < -0.39 is 5.97 Å². The number of rotatable bonds is 3. The van der Waals surface area contributed by atoms with E-state index in [0.29, 0.717) is 12.0 Å². The Kier molecular flexibility index (Phi) is 2.72. The molecule has 0 atom stereocenters. The van der Waals surface area contributed by atoms with Gasteiger partial charge in [0.2, 0.25) is 5.88 Å². The normalized spacial score (nSPS) is 10.3. The Morgan fingerprint density at radius 3 is 2.88 bits per heavy atom. The van der Waals surface area contributed by atoms with Crippen LogP contribution in [0.3, 0.4) is 0 Å². The van der Waals surface area contributed by atoms with Gasteiger partial charge in [-0.05, 0) is 6.92 Å². The number of carboxylic acid groups (broad SMARTS) is 1. The predicted molar refractivity (Wildman–Crippen MR) is 59.9 cm³/mol. The van der Waals surface area contributed by atoms with Crippen molar-refractivity contribution in [3.8, 4) is 5.88 Å². The Labute approximate surface area is 92.5 Å². The van der Waals surface area contributed by atoms with E-state index in [9.17, 15) is 9.90 Å². The Balaban J connectivity index is 2.73. The van der Waals surface area contributed by atoms with Crippen molar-refractivity contribution >= 4 is 16.7 Å². The molecule has 4 nitrogen and oxygen atoms in total. The van der Waals surface area contributed by atoms with E-state index >= 15 is 0 Å². The van der Waals surface area contributed by atoms with Gasteiger partial charge in [0.05, 0.1) is 6.61 Å². The van der Waals surface area contributed by atoms with E-state index in [4.69, 9.17) is 4.74 Å². The first-order valence-electron chi connectivity index (χ1n) is 4.98. The fourth-order valence-corrected chi connectivity index (χ4v) is 1.60. The van der Waals surface area contributed by atoms with Crippen molar-refractivity contribution in [2.45, 2.75) is 6.92 Å². The van der Waals surface area contributed by atoms with Gasteiger partial charge in [-0.15, -0.1) is 0 Å². The SMILES string of the molecule is CCOc1ncc2ccccc2c1C(=O)O. The maximum Gasteiger partial charge on any atom is 0.341 e. The van der Waals surface area contributed by atoms with Gasteiger partial charge in [0.15, 0.2) is 0 Å². The molecule has 0 unspecified atom stereocenters. The van der Waals surface area contributed by atoms with Crippen molar-refractivity contribution in [1.29, 1.82) is 0 Å². The van der Waals surface area contributed by atoms with Gasteiger partial charge in [0, 0.05) is 17.0 Å². The molecule has 1 aromatic heterocycles. The maximum absolute atomic E-state index is 11.2. The summed E-state index contributed by atoms with van der Waals surface area (Å²) < 4.78 is 5.21. The lowest BCUT2D eigenvalue weighted by atomic mass is 10.1. The zero-order chi connectivity index (χ0) is 11.5. The lowest BCUT2D eigenvalue weighted by Crippen LogP contribution is -2.05. The summed E-state index contributed by atoms with van der Waals surface area (Å²) in [5, 5.41) is 10.6. The molecule has 0 saturated heterocycles. The fraction of sp³-hybridized carbons (Fsp3) is 0.167. The van der Waals surface area contributed by atoms with Gasteiger partial charge in [-0.2, -0.15) is 0 Å². The summed E-state index contributed by atoms with van der Waals surface area (Å²) in [7, 11) is 0. The van der Waals surface area contributed by atoms with Crippen LogP contribution in [0, 0.1) is 0 Å². The average Bonchev–Trinajstić information content (AvgIpc) is 2.28. The molecule has 0 saturated carbocycles. The summed E-state index contributed by atoms with van der Waals surface area (Å²) in [6.45, 7) is 2.19. The molecule has 0 fully saturated rings. The first-order chi connectivity index (χ1) is 7.74. The molecule has 0 spiro atoms. The summed E-state index contributed by atoms with van der Waals surface area (Å²) >= 11 is 0. The minimum absolute atomic E-state index is 0.125. The van der Waals surface area contributed by atoms with Crippen LogP contribution in [0.5, 0.6) is 5.88 Å². The summed E-state index contributed by atoms with van der Waals surface area (Å²) in [5.74, 6) is -0.846. The van der Waals surface area contributed by atoms with Crippen molar-refractivity contribution in [2.24, 2.45) is 0 Å². The van der Waals surface area contributed by atoms with E-state index in [-0.39, 0.29) is 11.4 Å². The highest BCUT2D eigenvalue weighted by molar-refractivity contribution is 6.05. The summed E-state index contributed by atoms with van der Waals surface area (Å²) in [6.07, 6.45) is 1.62. The van der Waals surface area contributed by atoms with E-state index in [1.165, 1.54) is 0 Å². The van der Waals surface area contributed by atoms with Gasteiger partial charge >= 0.3 is 5.97 Å². The van der Waals surface area contributed by atoms with Crippen molar-refractivity contribution in [3.05, 3.63) is 36.0 Å². The molecule has 16 heavy (non-hydrogen) atoms. The molecular formula is C12H11NO3. The van der Waals surface area contributed by atoms with Crippen LogP contribution in [0.1, 0.15) is 17.3 Å². The molecular weight excluding hydrogens is 206 g/mol. The second kappa shape index (κ2) is 4.18. The smallest absolute Gasteiger partial charge is 0.341 e. The summed E-state index contributed by atoms with van der Waals surface area (Å²) in [5.41, 5.74) is 0.125. The highest BCUT2D eigenvalue weighted by atomic mass is 16.5. The molecule has 2 rings (SSSR count). The lowest BCUT2D eigenvalue weighted by Gasteiger charge is -2.08. The van der Waals surface area contributed by atoms with Crippen LogP contribution in [-0.4, -0.2) is 22.7 Å². The lowest BCUT2D eigenvalue weighted by molar-refractivity contribution is 0.0694. The van der Waals surface area contributed by atoms with Crippen LogP contribution in [0.2, 0.25) is 0 Å². The van der Waals surface area contributed by atoms with Gasteiger partial charge in [0.25, 0.3) is 0 Å². The third-order valence-electron chi connectivity index (χ3n) is 2.26.